The van der Waals surface area contributed by atoms with Crippen LogP contribution in [-0.2, 0) is 6.54 Å². The van der Waals surface area contributed by atoms with Gasteiger partial charge in [-0.05, 0) is 17.7 Å². The Bertz CT molecular complexity index is 348. The number of aromatic carboxylic acids is 1. The van der Waals surface area contributed by atoms with E-state index in [-0.39, 0.29) is 0 Å². The van der Waals surface area contributed by atoms with E-state index in [0.29, 0.717) is 17.3 Å². The Morgan fingerprint density at radius 2 is 1.65 bits per heavy atom. The van der Waals surface area contributed by atoms with Gasteiger partial charge >= 0.3 is 5.97 Å². The average molecular weight is 276 g/mol. The van der Waals surface area contributed by atoms with Crippen LogP contribution in [0, 0.1) is 0 Å². The van der Waals surface area contributed by atoms with E-state index in [1.165, 1.54) is 0 Å². The van der Waals surface area contributed by atoms with Gasteiger partial charge in [-0.1, -0.05) is 12.1 Å². The maximum Gasteiger partial charge on any atom is 0.335 e. The first-order chi connectivity index (χ1) is 8.17. The van der Waals surface area contributed by atoms with Crippen molar-refractivity contribution in [2.75, 3.05) is 24.8 Å². The van der Waals surface area contributed by atoms with Crippen LogP contribution in [0.1, 0.15) is 15.9 Å². The van der Waals surface area contributed by atoms with E-state index < -0.39 is 5.97 Å². The van der Waals surface area contributed by atoms with Gasteiger partial charge in [-0.3, -0.25) is 4.90 Å². The SMILES string of the molecule is O=C(O)c1ccc(CN(CCCl)CCCl)cc1. The van der Waals surface area contributed by atoms with Crippen LogP contribution in [-0.4, -0.2) is 40.8 Å². The van der Waals surface area contributed by atoms with Crippen molar-refractivity contribution in [1.82, 2.24) is 4.90 Å². The Hall–Kier alpha value is -0.770. The van der Waals surface area contributed by atoms with Gasteiger partial charge in [-0.2, -0.15) is 0 Å². The molecule has 94 valence electrons. The zero-order valence-electron chi connectivity index (χ0n) is 9.40. The van der Waals surface area contributed by atoms with Crippen molar-refractivity contribution >= 4 is 29.2 Å². The van der Waals surface area contributed by atoms with E-state index in [2.05, 4.69) is 4.90 Å². The van der Waals surface area contributed by atoms with Crippen molar-refractivity contribution in [2.24, 2.45) is 0 Å². The first-order valence-electron chi connectivity index (χ1n) is 5.34. The standard InChI is InChI=1S/C12H15Cl2NO2/c13-5-7-15(8-6-14)9-10-1-3-11(4-2-10)12(16)17/h1-4H,5-9H2,(H,16,17). The monoisotopic (exact) mass is 275 g/mol. The number of nitrogens with zero attached hydrogens (tertiary/aromatic N) is 1. The summed E-state index contributed by atoms with van der Waals surface area (Å²) in [7, 11) is 0. The minimum Gasteiger partial charge on any atom is -0.478 e. The quantitative estimate of drug-likeness (QED) is 0.778. The van der Waals surface area contributed by atoms with E-state index in [1.54, 1.807) is 12.1 Å². The second kappa shape index (κ2) is 7.54. The summed E-state index contributed by atoms with van der Waals surface area (Å²) in [5.74, 6) is 0.212. The number of carboxylic acid groups (broad SMARTS) is 1. The molecule has 0 saturated carbocycles. The average Bonchev–Trinajstić information content (AvgIpc) is 2.30. The van der Waals surface area contributed by atoms with Gasteiger partial charge in [-0.25, -0.2) is 4.79 Å². The van der Waals surface area contributed by atoms with Gasteiger partial charge in [0.05, 0.1) is 5.56 Å². The van der Waals surface area contributed by atoms with Crippen molar-refractivity contribution in [2.45, 2.75) is 6.54 Å². The summed E-state index contributed by atoms with van der Waals surface area (Å²) in [6, 6.07) is 6.85. The molecule has 5 heteroatoms. The highest BCUT2D eigenvalue weighted by Crippen LogP contribution is 2.08. The van der Waals surface area contributed by atoms with Crippen molar-refractivity contribution in [1.29, 1.82) is 0 Å². The van der Waals surface area contributed by atoms with Gasteiger partial charge in [0.1, 0.15) is 0 Å². The van der Waals surface area contributed by atoms with Crippen LogP contribution in [0.5, 0.6) is 0 Å². The number of carbonyl (C=O) groups is 1. The van der Waals surface area contributed by atoms with E-state index in [9.17, 15) is 4.79 Å². The van der Waals surface area contributed by atoms with Gasteiger partial charge in [-0.15, -0.1) is 23.2 Å². The van der Waals surface area contributed by atoms with Gasteiger partial charge in [0.15, 0.2) is 0 Å². The van der Waals surface area contributed by atoms with E-state index in [0.717, 1.165) is 25.2 Å². The van der Waals surface area contributed by atoms with Crippen molar-refractivity contribution < 1.29 is 9.90 Å². The summed E-state index contributed by atoms with van der Waals surface area (Å²) in [5.41, 5.74) is 1.36. The summed E-state index contributed by atoms with van der Waals surface area (Å²) >= 11 is 11.4. The molecule has 1 aromatic rings. The molecule has 0 radical (unpaired) electrons. The first kappa shape index (κ1) is 14.3. The smallest absolute Gasteiger partial charge is 0.335 e. The molecule has 0 atom stereocenters. The normalized spacial score (nSPS) is 10.8. The number of alkyl halides is 2. The van der Waals surface area contributed by atoms with Crippen LogP contribution in [0.15, 0.2) is 24.3 Å². The minimum absolute atomic E-state index is 0.301. The topological polar surface area (TPSA) is 40.5 Å². The number of carboxylic acids is 1. The van der Waals surface area contributed by atoms with Gasteiger partial charge in [0, 0.05) is 31.4 Å². The maximum absolute atomic E-state index is 10.7. The van der Waals surface area contributed by atoms with Gasteiger partial charge in [0.2, 0.25) is 0 Å². The molecule has 0 aromatic heterocycles. The lowest BCUT2D eigenvalue weighted by Crippen LogP contribution is -2.27. The van der Waals surface area contributed by atoms with Crippen LogP contribution in [0.2, 0.25) is 0 Å². The second-order valence-electron chi connectivity index (χ2n) is 3.66. The van der Waals surface area contributed by atoms with Crippen molar-refractivity contribution in [3.63, 3.8) is 0 Å². The molecular weight excluding hydrogens is 261 g/mol. The molecule has 1 aromatic carbocycles. The molecule has 0 aliphatic rings. The predicted octanol–water partition coefficient (Wildman–Crippen LogP) is 2.66. The van der Waals surface area contributed by atoms with Crippen molar-refractivity contribution in [3.05, 3.63) is 35.4 Å². The summed E-state index contributed by atoms with van der Waals surface area (Å²) in [4.78, 5) is 12.8. The fourth-order valence-corrected chi connectivity index (χ4v) is 2.00. The molecule has 17 heavy (non-hydrogen) atoms. The number of halogens is 2. The fourth-order valence-electron chi connectivity index (χ4n) is 1.52. The molecule has 0 aliphatic carbocycles. The first-order valence-corrected chi connectivity index (χ1v) is 6.40. The third-order valence-corrected chi connectivity index (χ3v) is 2.75. The molecule has 1 N–H and O–H groups in total. The second-order valence-corrected chi connectivity index (χ2v) is 4.41. The number of hydrogen-bond donors (Lipinski definition) is 1. The molecule has 0 bridgehead atoms. The zero-order chi connectivity index (χ0) is 12.7. The van der Waals surface area contributed by atoms with Crippen molar-refractivity contribution in [3.8, 4) is 0 Å². The van der Waals surface area contributed by atoms with Crippen LogP contribution in [0.25, 0.3) is 0 Å². The summed E-state index contributed by atoms with van der Waals surface area (Å²) < 4.78 is 0. The maximum atomic E-state index is 10.7. The molecule has 0 unspecified atom stereocenters. The Balaban J connectivity index is 2.62. The third kappa shape index (κ3) is 4.94. The Kier molecular flexibility index (Phi) is 6.34. The van der Waals surface area contributed by atoms with E-state index >= 15 is 0 Å². The lowest BCUT2D eigenvalue weighted by Gasteiger charge is -2.19. The predicted molar refractivity (Wildman–Crippen MR) is 70.1 cm³/mol. The number of benzene rings is 1. The fraction of sp³-hybridized carbons (Fsp3) is 0.417. The molecule has 1 rings (SSSR count). The van der Waals surface area contributed by atoms with Crippen LogP contribution < -0.4 is 0 Å². The number of hydrogen-bond acceptors (Lipinski definition) is 2. The molecule has 0 amide bonds. The van der Waals surface area contributed by atoms with E-state index in [1.807, 2.05) is 12.1 Å². The summed E-state index contributed by atoms with van der Waals surface area (Å²) in [6.07, 6.45) is 0. The molecule has 3 nitrogen and oxygen atoms in total. The highest BCUT2D eigenvalue weighted by atomic mass is 35.5. The highest BCUT2D eigenvalue weighted by molar-refractivity contribution is 6.18. The Labute approximate surface area is 111 Å². The molecule has 0 heterocycles. The summed E-state index contributed by atoms with van der Waals surface area (Å²) in [6.45, 7) is 2.28. The Morgan fingerprint density at radius 3 is 2.06 bits per heavy atom. The molecule has 0 fully saturated rings. The van der Waals surface area contributed by atoms with Gasteiger partial charge < -0.3 is 5.11 Å². The third-order valence-electron chi connectivity index (χ3n) is 2.41. The highest BCUT2D eigenvalue weighted by Gasteiger charge is 2.06. The lowest BCUT2D eigenvalue weighted by atomic mass is 10.1. The molecule has 0 saturated heterocycles. The number of rotatable bonds is 7. The zero-order valence-corrected chi connectivity index (χ0v) is 10.9. The largest absolute Gasteiger partial charge is 0.478 e. The molecular formula is C12H15Cl2NO2. The Morgan fingerprint density at radius 1 is 1.12 bits per heavy atom. The van der Waals surface area contributed by atoms with Crippen LogP contribution >= 0.6 is 23.2 Å². The van der Waals surface area contributed by atoms with Crippen LogP contribution in [0.3, 0.4) is 0 Å². The van der Waals surface area contributed by atoms with Crippen LogP contribution in [0.4, 0.5) is 0 Å². The van der Waals surface area contributed by atoms with Gasteiger partial charge in [0.25, 0.3) is 0 Å². The van der Waals surface area contributed by atoms with E-state index in [4.69, 9.17) is 28.3 Å². The lowest BCUT2D eigenvalue weighted by molar-refractivity contribution is 0.0697. The minimum atomic E-state index is -0.907. The summed E-state index contributed by atoms with van der Waals surface area (Å²) in [5, 5.41) is 8.78. The molecule has 0 aliphatic heterocycles. The molecule has 0 spiro atoms.